The number of aromatic nitrogens is 12. The van der Waals surface area contributed by atoms with Crippen LogP contribution >= 0.6 is 0 Å². The third-order valence-electron chi connectivity index (χ3n) is 23.1. The second kappa shape index (κ2) is 34.9. The first-order valence-corrected chi connectivity index (χ1v) is 39.9. The summed E-state index contributed by atoms with van der Waals surface area (Å²) in [6.07, 6.45) is 11.4. The molecule has 18 atom stereocenters. The number of aliphatic carboxylic acids is 3. The molecule has 39 nitrogen and oxygen atoms in total. The van der Waals surface area contributed by atoms with Gasteiger partial charge in [0, 0.05) is 50.4 Å². The smallest absolute Gasteiger partial charge is 0.326 e. The third kappa shape index (κ3) is 16.1. The number of rotatable bonds is 19. The minimum absolute atomic E-state index is 0.243. The van der Waals surface area contributed by atoms with Gasteiger partial charge in [0.15, 0.2) is 69.8 Å². The summed E-state index contributed by atoms with van der Waals surface area (Å²) >= 11 is 0. The molecule has 12 unspecified atom stereocenters. The number of hydrogen-bond acceptors (Lipinski definition) is 24. The van der Waals surface area contributed by atoms with Gasteiger partial charge in [-0.15, -0.1) is 0 Å². The number of hydrogen-bond donors (Lipinski definition) is 9. The number of benzene rings is 3. The zero-order valence-electron chi connectivity index (χ0n) is 65.0. The summed E-state index contributed by atoms with van der Waals surface area (Å²) in [6.45, 7) is 7.97. The molecular weight excluding hydrogens is 1540 g/mol. The molecule has 12 heterocycles. The van der Waals surface area contributed by atoms with Crippen molar-refractivity contribution in [3.8, 4) is 0 Å². The predicted molar refractivity (Wildman–Crippen MR) is 419 cm³/mol. The van der Waals surface area contributed by atoms with Gasteiger partial charge in [0.05, 0.1) is 54.9 Å². The molecule has 6 aromatic heterocycles. The maximum Gasteiger partial charge on any atom is 0.326 e. The minimum atomic E-state index is -1.00. The average Bonchev–Trinajstić information content (AvgIpc) is 1.60. The first-order chi connectivity index (χ1) is 57.9. The normalized spacial score (nSPS) is 27.8. The van der Waals surface area contributed by atoms with Crippen molar-refractivity contribution in [2.75, 3.05) is 55.2 Å². The van der Waals surface area contributed by atoms with E-state index in [4.69, 9.17) is 28.4 Å². The van der Waals surface area contributed by atoms with Gasteiger partial charge in [0.2, 0.25) is 17.7 Å². The van der Waals surface area contributed by atoms with Crippen molar-refractivity contribution >= 4 is 111 Å². The van der Waals surface area contributed by atoms with Gasteiger partial charge in [-0.2, -0.15) is 0 Å². The summed E-state index contributed by atoms with van der Waals surface area (Å²) in [5, 5.41) is 45.2. The number of ether oxygens (including phenoxy) is 6. The van der Waals surface area contributed by atoms with Crippen LogP contribution in [-0.4, -0.2) is 243 Å². The Balaban J connectivity index is 0.000000133. The molecule has 9 aromatic rings. The Hall–Kier alpha value is -12.6. The molecule has 119 heavy (non-hydrogen) atoms. The number of carboxylic acid groups (broad SMARTS) is 3. The molecule has 9 N–H and O–H groups in total. The molecule has 622 valence electrons. The summed E-state index contributed by atoms with van der Waals surface area (Å²) in [4.78, 5) is 157. The fraction of sp³-hybridized carbons (Fsp3) is 0.450. The molecule has 9 aliphatic rings. The van der Waals surface area contributed by atoms with Crippen LogP contribution in [0.3, 0.4) is 0 Å². The largest absolute Gasteiger partial charge is 0.480 e. The quantitative estimate of drug-likeness (QED) is 0.0411. The van der Waals surface area contributed by atoms with E-state index in [9.17, 15) is 58.5 Å². The van der Waals surface area contributed by atoms with Gasteiger partial charge < -0.3 is 88.1 Å². The first kappa shape index (κ1) is 80.2. The molecule has 3 aliphatic carbocycles. The lowest BCUT2D eigenvalue weighted by Crippen LogP contribution is -2.46. The number of carbonyl (C=O) groups is 9. The van der Waals surface area contributed by atoms with Crippen molar-refractivity contribution in [3.05, 3.63) is 152 Å². The summed E-state index contributed by atoms with van der Waals surface area (Å²) in [5.74, 6) is -4.79. The SMILES string of the molecule is CCNC(=O)Nc1ncnc2c1ncn2C1CC(C(=O)N2CCC[C@H]2C(=O)O)C2O[C@H](/C=C/c3ccccc3)OC21.CCNC(=O)Nc1ncnc2c1ncn2C1CC(C(=O)N2CCC[C@H]2C(=O)O)C2O[C@H](c3ccccc3)OC21.CCNC(=O)Nc1ncnc2c1ncn2C1CC(C(=O)N2CCC[C@H]2C(=O)O)C2O[C@H](c3ccccc3)OC21. The van der Waals surface area contributed by atoms with Crippen LogP contribution < -0.4 is 31.9 Å². The fourth-order valence-electron chi connectivity index (χ4n) is 17.8. The standard InChI is InChI=1S/C28H31N7O6.2C26H29N7O6/c1-2-29-28(39)33-24-21-25(31-14-30-24)35(15-32-21)19-13-17(26(36)34-12-6-9-18(34)27(37)38)22-23(19)41-20(40-22)11-10-16-7-4-3-5-8-16;2*1-2-27-26(37)31-21-18-22(29-12-28-21)33(13-30-18)17-11-15(23(34)32-10-6-9-16(32)24(35)36)19-20(17)39-25(38-19)14-7-4-3-5-8-14/h3-5,7-8,10-11,14-15,17-20,22-23H,2,6,9,12-13H2,1H3,(H,37,38)(H2,29,30,31,33,39);2*3-5,7-8,12-13,15-17,19-20,25H,2,6,9-11H2,1H3,(H,35,36)(H2,27,28,29,31,37)/b11-10+;;/t17?,18-,19?,20-,22?,23?;2*15?,16-,17?,19?,20?,25-/m000/s1. The van der Waals surface area contributed by atoms with E-state index in [2.05, 4.69) is 76.8 Å². The van der Waals surface area contributed by atoms with E-state index >= 15 is 0 Å². The molecule has 3 saturated carbocycles. The number of carboxylic acids is 3. The van der Waals surface area contributed by atoms with Crippen molar-refractivity contribution < 1.29 is 86.9 Å². The van der Waals surface area contributed by atoms with E-state index in [0.29, 0.717) is 131 Å². The van der Waals surface area contributed by atoms with Gasteiger partial charge in [0.25, 0.3) is 0 Å². The molecule has 9 amide bonds. The van der Waals surface area contributed by atoms with Gasteiger partial charge in [-0.05, 0) is 90.2 Å². The Labute approximate surface area is 679 Å². The number of amides is 9. The predicted octanol–water partition coefficient (Wildman–Crippen LogP) is 6.60. The zero-order chi connectivity index (χ0) is 82.7. The molecule has 9 fully saturated rings. The van der Waals surface area contributed by atoms with E-state index < -0.39 is 127 Å². The van der Waals surface area contributed by atoms with Crippen molar-refractivity contribution in [3.63, 3.8) is 0 Å². The fourth-order valence-corrected chi connectivity index (χ4v) is 17.8. The highest BCUT2D eigenvalue weighted by atomic mass is 16.7. The lowest BCUT2D eigenvalue weighted by atomic mass is 10.0. The third-order valence-corrected chi connectivity index (χ3v) is 23.1. The van der Waals surface area contributed by atoms with Crippen molar-refractivity contribution in [2.45, 2.75) is 170 Å². The monoisotopic (exact) mass is 1630 g/mol. The maximum absolute atomic E-state index is 13.8. The summed E-state index contributed by atoms with van der Waals surface area (Å²) in [7, 11) is 0. The van der Waals surface area contributed by atoms with Crippen LogP contribution in [0.4, 0.5) is 31.8 Å². The van der Waals surface area contributed by atoms with Crippen LogP contribution in [0, 0.1) is 17.8 Å². The van der Waals surface area contributed by atoms with Gasteiger partial charge in [-0.25, -0.2) is 73.6 Å². The first-order valence-electron chi connectivity index (χ1n) is 39.9. The summed E-state index contributed by atoms with van der Waals surface area (Å²) in [6, 6.07) is 23.8. The number of nitrogens with zero attached hydrogens (tertiary/aromatic N) is 15. The molecule has 0 radical (unpaired) electrons. The molecule has 6 saturated heterocycles. The highest BCUT2D eigenvalue weighted by molar-refractivity contribution is 5.98. The van der Waals surface area contributed by atoms with Crippen molar-refractivity contribution in [1.82, 2.24) is 89.2 Å². The topological polar surface area (TPSA) is 482 Å². The average molecular weight is 1630 g/mol. The van der Waals surface area contributed by atoms with Crippen LogP contribution in [0.2, 0.25) is 0 Å². The van der Waals surface area contributed by atoms with Crippen LogP contribution in [0.15, 0.2) is 135 Å². The Morgan fingerprint density at radius 3 is 1.05 bits per heavy atom. The van der Waals surface area contributed by atoms with E-state index in [0.717, 1.165) is 16.7 Å². The van der Waals surface area contributed by atoms with Gasteiger partial charge in [0.1, 0.15) is 73.7 Å². The summed E-state index contributed by atoms with van der Waals surface area (Å²) < 4.78 is 43.7. The van der Waals surface area contributed by atoms with Crippen LogP contribution in [0.25, 0.3) is 39.6 Å². The van der Waals surface area contributed by atoms with E-state index in [-0.39, 0.29) is 53.3 Å². The van der Waals surface area contributed by atoms with Gasteiger partial charge in [-0.1, -0.05) is 97.1 Å². The van der Waals surface area contributed by atoms with Crippen LogP contribution in [0.1, 0.15) is 126 Å². The van der Waals surface area contributed by atoms with Crippen molar-refractivity contribution in [1.29, 1.82) is 0 Å². The van der Waals surface area contributed by atoms with Gasteiger partial charge >= 0.3 is 36.0 Å². The van der Waals surface area contributed by atoms with Gasteiger partial charge in [-0.3, -0.25) is 30.3 Å². The molecular formula is C80H89N21O18. The molecule has 39 heteroatoms. The lowest BCUT2D eigenvalue weighted by Gasteiger charge is -2.27. The number of likely N-dealkylation sites (tertiary alicyclic amines) is 3. The maximum atomic E-state index is 13.8. The van der Waals surface area contributed by atoms with E-state index in [1.54, 1.807) is 19.0 Å². The second-order valence-electron chi connectivity index (χ2n) is 30.1. The number of urea groups is 3. The molecule has 3 aromatic carbocycles. The molecule has 0 bridgehead atoms. The number of imidazole rings is 3. The molecule has 0 spiro atoms. The summed E-state index contributed by atoms with van der Waals surface area (Å²) in [5.41, 5.74) is 5.26. The number of fused-ring (bicyclic) bond motifs is 6. The molecule has 6 aliphatic heterocycles. The highest BCUT2D eigenvalue weighted by Crippen LogP contribution is 2.52. The number of nitrogens with one attached hydrogen (secondary N) is 6. The Kier molecular flexibility index (Phi) is 23.6. The molecule has 18 rings (SSSR count). The Morgan fingerprint density at radius 1 is 0.403 bits per heavy atom. The van der Waals surface area contributed by atoms with E-state index in [1.165, 1.54) is 33.7 Å². The Bertz CT molecular complexity index is 5080. The van der Waals surface area contributed by atoms with E-state index in [1.807, 2.05) is 138 Å². The number of carbonyl (C=O) groups excluding carboxylic acids is 6. The zero-order valence-corrected chi connectivity index (χ0v) is 65.0. The van der Waals surface area contributed by atoms with Crippen molar-refractivity contribution in [2.24, 2.45) is 17.8 Å². The number of anilines is 3. The Morgan fingerprint density at radius 2 is 0.714 bits per heavy atom. The lowest BCUT2D eigenvalue weighted by molar-refractivity contribution is -0.152. The second-order valence-corrected chi connectivity index (χ2v) is 30.1. The minimum Gasteiger partial charge on any atom is -0.480 e. The van der Waals surface area contributed by atoms with Crippen LogP contribution in [-0.2, 0) is 57.2 Å². The highest BCUT2D eigenvalue weighted by Gasteiger charge is 2.60. The van der Waals surface area contributed by atoms with Crippen LogP contribution in [0.5, 0.6) is 0 Å².